The molecule has 128 valence electrons. The third-order valence-corrected chi connectivity index (χ3v) is 4.17. The second kappa shape index (κ2) is 7.45. The number of fused-ring (bicyclic) bond motifs is 1. The molecule has 2 aromatic rings. The monoisotopic (exact) mass is 356 g/mol. The van der Waals surface area contributed by atoms with Crippen LogP contribution in [-0.2, 0) is 6.54 Å². The minimum Gasteiger partial charge on any atom is -0.489 e. The Kier molecular flexibility index (Phi) is 5.11. The summed E-state index contributed by atoms with van der Waals surface area (Å²) in [6.07, 6.45) is 0.808. The summed E-state index contributed by atoms with van der Waals surface area (Å²) in [6, 6.07) is 10.8. The van der Waals surface area contributed by atoms with Gasteiger partial charge in [0.2, 0.25) is 0 Å². The van der Waals surface area contributed by atoms with Gasteiger partial charge in [-0.25, -0.2) is 0 Å². The number of rotatable bonds is 4. The molecule has 0 spiro atoms. The van der Waals surface area contributed by atoms with Gasteiger partial charge in [0.25, 0.3) is 0 Å². The van der Waals surface area contributed by atoms with Gasteiger partial charge in [0.05, 0.1) is 29.5 Å². The van der Waals surface area contributed by atoms with E-state index in [2.05, 4.69) is 11.4 Å². The van der Waals surface area contributed by atoms with Crippen molar-refractivity contribution in [1.82, 2.24) is 0 Å². The lowest BCUT2D eigenvalue weighted by Crippen LogP contribution is -2.04. The summed E-state index contributed by atoms with van der Waals surface area (Å²) in [5.41, 5.74) is 2.54. The Morgan fingerprint density at radius 1 is 1.28 bits per heavy atom. The largest absolute Gasteiger partial charge is 0.489 e. The van der Waals surface area contributed by atoms with Crippen molar-refractivity contribution < 1.29 is 14.3 Å². The molecule has 0 radical (unpaired) electrons. The summed E-state index contributed by atoms with van der Waals surface area (Å²) < 4.78 is 11.3. The molecule has 1 aliphatic rings. The van der Waals surface area contributed by atoms with Crippen LogP contribution in [0.4, 0.5) is 5.69 Å². The second-order valence-corrected chi connectivity index (χ2v) is 6.14. The van der Waals surface area contributed by atoms with Crippen molar-refractivity contribution in [2.45, 2.75) is 19.9 Å². The zero-order valence-corrected chi connectivity index (χ0v) is 14.5. The number of hydrogen-bond donors (Lipinski definition) is 1. The molecule has 1 heterocycles. The quantitative estimate of drug-likeness (QED) is 0.832. The molecule has 1 N–H and O–H groups in total. The van der Waals surface area contributed by atoms with Gasteiger partial charge in [0.15, 0.2) is 17.3 Å². The first-order valence-corrected chi connectivity index (χ1v) is 8.33. The van der Waals surface area contributed by atoms with E-state index < -0.39 is 0 Å². The Morgan fingerprint density at radius 2 is 2.08 bits per heavy atom. The number of nitriles is 1. The number of halogens is 1. The summed E-state index contributed by atoms with van der Waals surface area (Å²) in [6.45, 7) is 3.09. The minimum atomic E-state index is -0.0498. The van der Waals surface area contributed by atoms with Crippen LogP contribution in [0.5, 0.6) is 11.5 Å². The van der Waals surface area contributed by atoms with Crippen LogP contribution in [0.25, 0.3) is 0 Å². The summed E-state index contributed by atoms with van der Waals surface area (Å²) in [4.78, 5) is 11.6. The van der Waals surface area contributed by atoms with E-state index in [1.807, 2.05) is 12.1 Å². The van der Waals surface area contributed by atoms with E-state index in [0.717, 1.165) is 12.0 Å². The summed E-state index contributed by atoms with van der Waals surface area (Å²) in [5.74, 6) is 1.14. The normalized spacial score (nSPS) is 12.8. The van der Waals surface area contributed by atoms with E-state index in [1.165, 1.54) is 6.92 Å². The number of carbonyl (C=O) groups is 1. The Bertz CT molecular complexity index is 858. The average molecular weight is 357 g/mol. The van der Waals surface area contributed by atoms with Gasteiger partial charge < -0.3 is 14.8 Å². The van der Waals surface area contributed by atoms with Crippen molar-refractivity contribution in [2.75, 3.05) is 18.5 Å². The predicted octanol–water partition coefficient (Wildman–Crippen LogP) is 4.19. The van der Waals surface area contributed by atoms with Crippen molar-refractivity contribution in [2.24, 2.45) is 0 Å². The Hall–Kier alpha value is -2.71. The van der Waals surface area contributed by atoms with Crippen LogP contribution < -0.4 is 14.8 Å². The lowest BCUT2D eigenvalue weighted by Gasteiger charge is -2.13. The molecule has 6 heteroatoms. The predicted molar refractivity (Wildman–Crippen MR) is 95.5 cm³/mol. The van der Waals surface area contributed by atoms with Crippen LogP contribution in [0.2, 0.25) is 5.02 Å². The molecule has 0 aromatic heterocycles. The fraction of sp³-hybridized carbons (Fsp3) is 0.263. The van der Waals surface area contributed by atoms with Gasteiger partial charge >= 0.3 is 0 Å². The molecule has 0 aliphatic carbocycles. The van der Waals surface area contributed by atoms with E-state index in [4.69, 9.17) is 21.1 Å². The van der Waals surface area contributed by atoms with E-state index >= 15 is 0 Å². The lowest BCUT2D eigenvalue weighted by atomic mass is 10.1. The maximum absolute atomic E-state index is 11.6. The highest BCUT2D eigenvalue weighted by molar-refractivity contribution is 6.32. The highest BCUT2D eigenvalue weighted by atomic mass is 35.5. The fourth-order valence-corrected chi connectivity index (χ4v) is 2.88. The van der Waals surface area contributed by atoms with Gasteiger partial charge in [-0.15, -0.1) is 0 Å². The third kappa shape index (κ3) is 3.86. The molecular weight excluding hydrogens is 340 g/mol. The van der Waals surface area contributed by atoms with Crippen LogP contribution in [-0.4, -0.2) is 19.0 Å². The molecule has 0 unspecified atom stereocenters. The first-order valence-electron chi connectivity index (χ1n) is 7.95. The van der Waals surface area contributed by atoms with Crippen molar-refractivity contribution >= 4 is 23.1 Å². The van der Waals surface area contributed by atoms with E-state index in [-0.39, 0.29) is 5.78 Å². The molecule has 0 amide bonds. The van der Waals surface area contributed by atoms with Gasteiger partial charge in [-0.05, 0) is 42.8 Å². The number of nitrogens with one attached hydrogen (secondary N) is 1. The van der Waals surface area contributed by atoms with Crippen LogP contribution in [0, 0.1) is 11.3 Å². The van der Waals surface area contributed by atoms with E-state index in [1.54, 1.807) is 18.2 Å². The molecule has 3 rings (SSSR count). The maximum atomic E-state index is 11.6. The molecule has 0 atom stereocenters. The van der Waals surface area contributed by atoms with Crippen LogP contribution in [0.15, 0.2) is 30.3 Å². The lowest BCUT2D eigenvalue weighted by molar-refractivity contribution is 0.101. The smallest absolute Gasteiger partial charge is 0.179 e. The first-order chi connectivity index (χ1) is 12.1. The molecule has 0 saturated carbocycles. The number of ketones is 1. The van der Waals surface area contributed by atoms with Crippen molar-refractivity contribution in [3.63, 3.8) is 0 Å². The van der Waals surface area contributed by atoms with Gasteiger partial charge in [-0.1, -0.05) is 11.6 Å². The second-order valence-electron chi connectivity index (χ2n) is 5.74. The minimum absolute atomic E-state index is 0.0498. The van der Waals surface area contributed by atoms with Crippen molar-refractivity contribution in [3.05, 3.63) is 52.0 Å². The van der Waals surface area contributed by atoms with Gasteiger partial charge in [-0.3, -0.25) is 4.79 Å². The number of nitrogens with zero attached hydrogens (tertiary/aromatic N) is 1. The fourth-order valence-electron chi connectivity index (χ4n) is 2.59. The Labute approximate surface area is 151 Å². The highest BCUT2D eigenvalue weighted by Gasteiger charge is 2.16. The number of carbonyl (C=O) groups excluding carboxylic acids is 1. The molecule has 2 aromatic carbocycles. The van der Waals surface area contributed by atoms with E-state index in [9.17, 15) is 10.1 Å². The topological polar surface area (TPSA) is 71.4 Å². The number of hydrogen-bond acceptors (Lipinski definition) is 5. The average Bonchev–Trinajstić information content (AvgIpc) is 2.85. The Balaban J connectivity index is 1.83. The molecule has 0 fully saturated rings. The summed E-state index contributed by atoms with van der Waals surface area (Å²) >= 11 is 6.30. The zero-order valence-electron chi connectivity index (χ0n) is 13.8. The standard InChI is InChI=1S/C19H17ClN2O3/c1-12(23)14-3-4-15(10-21)17(9-14)22-11-13-7-16(20)19-18(8-13)24-5-2-6-25-19/h3-4,7-9,22H,2,5-6,11H2,1H3. The first kappa shape index (κ1) is 17.1. The van der Waals surface area contributed by atoms with Gasteiger partial charge in [0, 0.05) is 18.5 Å². The maximum Gasteiger partial charge on any atom is 0.179 e. The number of Topliss-reactive ketones (excluding diaryl/α,β-unsaturated/α-hetero) is 1. The van der Waals surface area contributed by atoms with Gasteiger partial charge in [0.1, 0.15) is 6.07 Å². The zero-order chi connectivity index (χ0) is 17.8. The molecular formula is C19H17ClN2O3. The van der Waals surface area contributed by atoms with Crippen molar-refractivity contribution in [3.8, 4) is 17.6 Å². The molecule has 5 nitrogen and oxygen atoms in total. The van der Waals surface area contributed by atoms with E-state index in [0.29, 0.717) is 53.1 Å². The van der Waals surface area contributed by atoms with Crippen LogP contribution in [0.3, 0.4) is 0 Å². The van der Waals surface area contributed by atoms with Crippen LogP contribution >= 0.6 is 11.6 Å². The highest BCUT2D eigenvalue weighted by Crippen LogP contribution is 2.38. The van der Waals surface area contributed by atoms with Crippen LogP contribution in [0.1, 0.15) is 34.8 Å². The molecule has 0 saturated heterocycles. The molecule has 1 aliphatic heterocycles. The Morgan fingerprint density at radius 3 is 2.84 bits per heavy atom. The summed E-state index contributed by atoms with van der Waals surface area (Å²) in [5, 5.41) is 12.9. The van der Waals surface area contributed by atoms with Crippen molar-refractivity contribution in [1.29, 1.82) is 5.26 Å². The molecule has 0 bridgehead atoms. The molecule has 25 heavy (non-hydrogen) atoms. The number of ether oxygens (including phenoxy) is 2. The SMILES string of the molecule is CC(=O)c1ccc(C#N)c(NCc2cc(Cl)c3c(c2)OCCCO3)c1. The summed E-state index contributed by atoms with van der Waals surface area (Å²) in [7, 11) is 0. The number of anilines is 1. The van der Waals surface area contributed by atoms with Gasteiger partial charge in [-0.2, -0.15) is 5.26 Å². The number of benzene rings is 2. The third-order valence-electron chi connectivity index (χ3n) is 3.89.